The van der Waals surface area contributed by atoms with Gasteiger partial charge in [-0.25, -0.2) is 0 Å². The monoisotopic (exact) mass is 306 g/mol. The summed E-state index contributed by atoms with van der Waals surface area (Å²) in [6, 6.07) is 5.46. The quantitative estimate of drug-likeness (QED) is 0.626. The molecule has 1 amide bonds. The van der Waals surface area contributed by atoms with Crippen molar-refractivity contribution >= 4 is 5.91 Å². The van der Waals surface area contributed by atoms with E-state index in [0.717, 1.165) is 17.5 Å². The fourth-order valence-electron chi connectivity index (χ4n) is 3.31. The summed E-state index contributed by atoms with van der Waals surface area (Å²) < 4.78 is 0. The molecule has 22 heavy (non-hydrogen) atoms. The maximum absolute atomic E-state index is 12.5. The molecule has 3 unspecified atom stereocenters. The average molecular weight is 306 g/mol. The van der Waals surface area contributed by atoms with Gasteiger partial charge in [0.05, 0.1) is 6.04 Å². The molecule has 0 bridgehead atoms. The van der Waals surface area contributed by atoms with Gasteiger partial charge < -0.3 is 20.2 Å². The lowest BCUT2D eigenvalue weighted by Gasteiger charge is -2.37. The van der Waals surface area contributed by atoms with Gasteiger partial charge in [-0.05, 0) is 42.9 Å². The van der Waals surface area contributed by atoms with Gasteiger partial charge in [0.25, 0.3) is 5.91 Å². The third-order valence-corrected chi connectivity index (χ3v) is 4.49. The number of benzene rings is 1. The first-order chi connectivity index (χ1) is 10.6. The van der Waals surface area contributed by atoms with Crippen LogP contribution in [0.15, 0.2) is 18.2 Å². The molecular weight excluding hydrogens is 284 g/mol. The minimum Gasteiger partial charge on any atom is -0.396 e. The molecule has 0 spiro atoms. The Labute approximate surface area is 129 Å². The van der Waals surface area contributed by atoms with Crippen molar-refractivity contribution in [2.75, 3.05) is 6.61 Å². The predicted octanol–water partition coefficient (Wildman–Crippen LogP) is -0.0439. The first kappa shape index (κ1) is 15.4. The fourth-order valence-corrected chi connectivity index (χ4v) is 3.31. The molecule has 3 rings (SSSR count). The topological polar surface area (TPSA) is 93.0 Å². The number of carbonyl (C=O) groups excluding carboxylic acids is 1. The number of piperidine rings is 1. The first-order valence-electron chi connectivity index (χ1n) is 7.76. The number of nitrogens with one attached hydrogen (secondary N) is 1. The van der Waals surface area contributed by atoms with Crippen molar-refractivity contribution in [1.29, 1.82) is 0 Å². The highest BCUT2D eigenvalue weighted by molar-refractivity contribution is 5.98. The molecule has 1 fully saturated rings. The molecule has 0 saturated carbocycles. The molecule has 3 atom stereocenters. The van der Waals surface area contributed by atoms with E-state index in [1.807, 2.05) is 18.2 Å². The number of hydrogen-bond donors (Lipinski definition) is 4. The normalized spacial score (nSPS) is 28.0. The Bertz CT molecular complexity index is 563. The number of rotatable bonds is 4. The van der Waals surface area contributed by atoms with Gasteiger partial charge in [-0.1, -0.05) is 12.1 Å². The summed E-state index contributed by atoms with van der Waals surface area (Å²) in [7, 11) is 0. The summed E-state index contributed by atoms with van der Waals surface area (Å²) in [5, 5.41) is 31.2. The molecular formula is C16H22N2O4. The average Bonchev–Trinajstić information content (AvgIpc) is 2.82. The van der Waals surface area contributed by atoms with Gasteiger partial charge in [0.2, 0.25) is 0 Å². The number of amides is 1. The molecule has 6 nitrogen and oxygen atoms in total. The number of aliphatic hydroxyl groups is 3. The maximum atomic E-state index is 12.5. The van der Waals surface area contributed by atoms with Crippen LogP contribution in [-0.4, -0.2) is 51.2 Å². The lowest BCUT2D eigenvalue weighted by atomic mass is 10.0. The maximum Gasteiger partial charge on any atom is 0.254 e. The van der Waals surface area contributed by atoms with Crippen molar-refractivity contribution in [2.24, 2.45) is 0 Å². The molecule has 0 aliphatic carbocycles. The molecule has 120 valence electrons. The van der Waals surface area contributed by atoms with E-state index < -0.39 is 12.5 Å². The van der Waals surface area contributed by atoms with Crippen LogP contribution in [-0.2, 0) is 13.0 Å². The second kappa shape index (κ2) is 6.34. The van der Waals surface area contributed by atoms with Gasteiger partial charge in [-0.3, -0.25) is 10.1 Å². The zero-order valence-corrected chi connectivity index (χ0v) is 12.4. The van der Waals surface area contributed by atoms with Crippen molar-refractivity contribution in [3.8, 4) is 0 Å². The zero-order chi connectivity index (χ0) is 15.7. The molecule has 2 heterocycles. The van der Waals surface area contributed by atoms with Crippen LogP contribution in [0.5, 0.6) is 0 Å². The molecule has 6 heteroatoms. The number of aryl methyl sites for hydroxylation is 1. The number of fused-ring (bicyclic) bond motifs is 1. The van der Waals surface area contributed by atoms with Crippen LogP contribution in [0.2, 0.25) is 0 Å². The minimum absolute atomic E-state index is 0.0639. The molecule has 2 aliphatic heterocycles. The molecule has 4 N–H and O–H groups in total. The highest BCUT2D eigenvalue weighted by Crippen LogP contribution is 2.29. The standard InChI is InChI=1S/C16H22N2O4/c19-7-1-2-10-3-4-12-11(8-10)9-18(16(12)22)13-5-6-14(20)17-15(13)21/h3-4,8,13-15,17,19-21H,1-2,5-7,9H2. The Morgan fingerprint density at radius 1 is 1.27 bits per heavy atom. The molecule has 1 aromatic rings. The van der Waals surface area contributed by atoms with E-state index in [1.165, 1.54) is 0 Å². The smallest absolute Gasteiger partial charge is 0.254 e. The molecule has 1 saturated heterocycles. The Morgan fingerprint density at radius 2 is 2.09 bits per heavy atom. The minimum atomic E-state index is -0.907. The third-order valence-electron chi connectivity index (χ3n) is 4.49. The second-order valence-corrected chi connectivity index (χ2v) is 6.02. The van der Waals surface area contributed by atoms with Gasteiger partial charge in [0.1, 0.15) is 12.5 Å². The molecule has 2 aliphatic rings. The van der Waals surface area contributed by atoms with Crippen molar-refractivity contribution in [1.82, 2.24) is 10.2 Å². The van der Waals surface area contributed by atoms with Crippen LogP contribution >= 0.6 is 0 Å². The summed E-state index contributed by atoms with van der Waals surface area (Å²) in [5.74, 6) is -0.0639. The van der Waals surface area contributed by atoms with Gasteiger partial charge in [-0.2, -0.15) is 0 Å². The Hall–Kier alpha value is -1.47. The SMILES string of the molecule is O=C1c2ccc(CCCO)cc2CN1C1CCC(O)NC1O. The largest absolute Gasteiger partial charge is 0.396 e. The van der Waals surface area contributed by atoms with Gasteiger partial charge in [0.15, 0.2) is 0 Å². The zero-order valence-electron chi connectivity index (χ0n) is 12.4. The Morgan fingerprint density at radius 3 is 2.82 bits per heavy atom. The first-order valence-corrected chi connectivity index (χ1v) is 7.76. The van der Waals surface area contributed by atoms with Gasteiger partial charge in [-0.15, -0.1) is 0 Å². The van der Waals surface area contributed by atoms with E-state index in [2.05, 4.69) is 5.32 Å². The lowest BCUT2D eigenvalue weighted by molar-refractivity contribution is -0.0477. The van der Waals surface area contributed by atoms with E-state index in [1.54, 1.807) is 4.90 Å². The fraction of sp³-hybridized carbons (Fsp3) is 0.562. The van der Waals surface area contributed by atoms with Crippen molar-refractivity contribution in [3.63, 3.8) is 0 Å². The highest BCUT2D eigenvalue weighted by atomic mass is 16.3. The third kappa shape index (κ3) is 2.87. The number of aliphatic hydroxyl groups excluding tert-OH is 3. The van der Waals surface area contributed by atoms with Gasteiger partial charge >= 0.3 is 0 Å². The van der Waals surface area contributed by atoms with Crippen molar-refractivity contribution in [3.05, 3.63) is 34.9 Å². The molecule has 1 aromatic carbocycles. The predicted molar refractivity (Wildman–Crippen MR) is 79.9 cm³/mol. The van der Waals surface area contributed by atoms with E-state index in [0.29, 0.717) is 31.4 Å². The molecule has 0 radical (unpaired) electrons. The van der Waals surface area contributed by atoms with E-state index in [9.17, 15) is 15.0 Å². The number of nitrogens with zero attached hydrogens (tertiary/aromatic N) is 1. The van der Waals surface area contributed by atoms with Crippen LogP contribution in [0.1, 0.15) is 40.7 Å². The number of carbonyl (C=O) groups is 1. The van der Waals surface area contributed by atoms with Gasteiger partial charge in [0, 0.05) is 18.7 Å². The van der Waals surface area contributed by atoms with E-state index >= 15 is 0 Å². The summed E-state index contributed by atoms with van der Waals surface area (Å²) >= 11 is 0. The summed E-state index contributed by atoms with van der Waals surface area (Å²) in [6.07, 6.45) is 0.972. The van der Waals surface area contributed by atoms with Crippen LogP contribution in [0, 0.1) is 0 Å². The Kier molecular flexibility index (Phi) is 4.44. The van der Waals surface area contributed by atoms with Crippen LogP contribution < -0.4 is 5.32 Å². The van der Waals surface area contributed by atoms with E-state index in [4.69, 9.17) is 5.11 Å². The highest BCUT2D eigenvalue weighted by Gasteiger charge is 2.38. The van der Waals surface area contributed by atoms with Crippen molar-refractivity contribution < 1.29 is 20.1 Å². The van der Waals surface area contributed by atoms with Crippen LogP contribution in [0.4, 0.5) is 0 Å². The Balaban J connectivity index is 1.76. The number of hydrogen-bond acceptors (Lipinski definition) is 5. The second-order valence-electron chi connectivity index (χ2n) is 6.02. The van der Waals surface area contributed by atoms with Crippen LogP contribution in [0.25, 0.3) is 0 Å². The van der Waals surface area contributed by atoms with Crippen molar-refractivity contribution in [2.45, 2.75) is 50.7 Å². The summed E-state index contributed by atoms with van der Waals surface area (Å²) in [6.45, 7) is 0.644. The summed E-state index contributed by atoms with van der Waals surface area (Å²) in [5.41, 5.74) is 2.77. The summed E-state index contributed by atoms with van der Waals surface area (Å²) in [4.78, 5) is 14.2. The van der Waals surface area contributed by atoms with E-state index in [-0.39, 0.29) is 18.6 Å². The lowest BCUT2D eigenvalue weighted by Crippen LogP contribution is -2.56. The van der Waals surface area contributed by atoms with Crippen LogP contribution in [0.3, 0.4) is 0 Å². The molecule has 0 aromatic heterocycles.